The smallest absolute Gasteiger partial charge is 0.244 e. The number of amides is 2. The average Bonchev–Trinajstić information content (AvgIpc) is 3.24. The van der Waals surface area contributed by atoms with Crippen LogP contribution in [0.15, 0.2) is 9.85 Å². The van der Waals surface area contributed by atoms with E-state index in [4.69, 9.17) is 0 Å². The van der Waals surface area contributed by atoms with Crippen LogP contribution in [0.4, 0.5) is 4.39 Å². The molecule has 0 aromatic carbocycles. The number of carbonyl (C=O) groups excluding carboxylic acids is 2. The Hall–Kier alpha value is -1.46. The van der Waals surface area contributed by atoms with Gasteiger partial charge < -0.3 is 10.2 Å². The molecular formula is C15H15BrFN3O2S. The summed E-state index contributed by atoms with van der Waals surface area (Å²) in [6, 6.07) is 0.834. The van der Waals surface area contributed by atoms with E-state index in [9.17, 15) is 19.2 Å². The number of thiophene rings is 1. The third-order valence-corrected chi connectivity index (χ3v) is 6.51. The summed E-state index contributed by atoms with van der Waals surface area (Å²) >= 11 is 4.30. The quantitative estimate of drug-likeness (QED) is 0.771. The lowest BCUT2D eigenvalue weighted by Gasteiger charge is -2.31. The van der Waals surface area contributed by atoms with Crippen molar-refractivity contribution in [1.82, 2.24) is 10.2 Å². The average molecular weight is 400 g/mol. The fraction of sp³-hybridized carbons (Fsp3) is 0.533. The molecule has 1 N–H and O–H groups in total. The Kier molecular flexibility index (Phi) is 4.69. The fourth-order valence-corrected chi connectivity index (χ4v) is 5.07. The first-order chi connectivity index (χ1) is 11.0. The zero-order valence-electron chi connectivity index (χ0n) is 12.2. The molecule has 5 nitrogen and oxygen atoms in total. The molecule has 2 bridgehead atoms. The largest absolute Gasteiger partial charge is 0.338 e. The summed E-state index contributed by atoms with van der Waals surface area (Å²) in [7, 11) is 0. The summed E-state index contributed by atoms with van der Waals surface area (Å²) in [5.41, 5.74) is 0. The molecule has 2 aliphatic rings. The van der Waals surface area contributed by atoms with Crippen molar-refractivity contribution in [3.63, 3.8) is 0 Å². The van der Waals surface area contributed by atoms with Crippen LogP contribution in [0.2, 0.25) is 0 Å². The van der Waals surface area contributed by atoms with Crippen LogP contribution >= 0.6 is 27.3 Å². The van der Waals surface area contributed by atoms with E-state index in [1.807, 2.05) is 6.07 Å². The number of rotatable bonds is 5. The van der Waals surface area contributed by atoms with Crippen LogP contribution in [0.25, 0.3) is 0 Å². The van der Waals surface area contributed by atoms with Crippen molar-refractivity contribution < 1.29 is 14.0 Å². The second-order valence-corrected chi connectivity index (χ2v) is 7.76. The zero-order chi connectivity index (χ0) is 16.6. The number of fused-ring (bicyclic) bond motifs is 2. The van der Waals surface area contributed by atoms with E-state index in [1.165, 1.54) is 11.3 Å². The number of hydrogen-bond acceptors (Lipinski definition) is 4. The highest BCUT2D eigenvalue weighted by Crippen LogP contribution is 2.41. The molecule has 2 fully saturated rings. The van der Waals surface area contributed by atoms with Crippen molar-refractivity contribution in [3.8, 4) is 6.07 Å². The molecule has 1 saturated carbocycles. The molecule has 4 atom stereocenters. The van der Waals surface area contributed by atoms with E-state index >= 15 is 0 Å². The number of nitrogens with one attached hydrogen (secondary N) is 1. The summed E-state index contributed by atoms with van der Waals surface area (Å²) in [5, 5.41) is 13.5. The summed E-state index contributed by atoms with van der Waals surface area (Å²) < 4.78 is 14.2. The Balaban J connectivity index is 1.67. The predicted molar refractivity (Wildman–Crippen MR) is 86.0 cm³/mol. The lowest BCUT2D eigenvalue weighted by molar-refractivity contribution is -0.135. The van der Waals surface area contributed by atoms with E-state index in [-0.39, 0.29) is 30.1 Å². The number of carbonyl (C=O) groups is 2. The number of likely N-dealkylation sites (tertiary alicyclic amines) is 1. The summed E-state index contributed by atoms with van der Waals surface area (Å²) in [6.45, 7) is 0. The number of nitrogens with zero attached hydrogens (tertiary/aromatic N) is 2. The van der Waals surface area contributed by atoms with Gasteiger partial charge in [0.25, 0.3) is 0 Å². The molecule has 2 amide bonds. The van der Waals surface area contributed by atoms with Gasteiger partial charge in [0.1, 0.15) is 12.1 Å². The van der Waals surface area contributed by atoms with Gasteiger partial charge in [-0.25, -0.2) is 4.39 Å². The van der Waals surface area contributed by atoms with Crippen molar-refractivity contribution in [3.05, 3.63) is 20.5 Å². The molecule has 2 heterocycles. The maximum atomic E-state index is 13.8. The molecule has 0 spiro atoms. The molecule has 1 unspecified atom stereocenters. The second kappa shape index (κ2) is 6.57. The van der Waals surface area contributed by atoms with Gasteiger partial charge in [-0.2, -0.15) is 5.26 Å². The Bertz CT molecular complexity index is 674. The first-order valence-corrected chi connectivity index (χ1v) is 9.06. The fourth-order valence-electron chi connectivity index (χ4n) is 3.59. The number of halogens is 2. The topological polar surface area (TPSA) is 73.2 Å². The third-order valence-electron chi connectivity index (χ3n) is 4.65. The molecule has 1 saturated heterocycles. The molecule has 1 aromatic heterocycles. The van der Waals surface area contributed by atoms with Gasteiger partial charge in [-0.15, -0.1) is 11.3 Å². The van der Waals surface area contributed by atoms with Crippen LogP contribution < -0.4 is 5.32 Å². The van der Waals surface area contributed by atoms with Gasteiger partial charge in [0.05, 0.1) is 10.5 Å². The highest BCUT2D eigenvalue weighted by atomic mass is 79.9. The summed E-state index contributed by atoms with van der Waals surface area (Å²) in [4.78, 5) is 25.7. The molecule has 1 aliphatic carbocycles. The Morgan fingerprint density at radius 3 is 3.04 bits per heavy atom. The van der Waals surface area contributed by atoms with Crippen molar-refractivity contribution >= 4 is 39.6 Å². The maximum absolute atomic E-state index is 13.8. The monoisotopic (exact) mass is 399 g/mol. The van der Waals surface area contributed by atoms with Crippen LogP contribution in [0.5, 0.6) is 0 Å². The molecule has 0 radical (unpaired) electrons. The van der Waals surface area contributed by atoms with E-state index in [0.717, 1.165) is 25.7 Å². The molecule has 1 aromatic rings. The van der Waals surface area contributed by atoms with Crippen LogP contribution in [-0.4, -0.2) is 35.3 Å². The van der Waals surface area contributed by atoms with Crippen molar-refractivity contribution in [2.45, 2.75) is 43.8 Å². The maximum Gasteiger partial charge on any atom is 0.244 e. The van der Waals surface area contributed by atoms with Crippen molar-refractivity contribution in [2.75, 3.05) is 0 Å². The van der Waals surface area contributed by atoms with Crippen molar-refractivity contribution in [1.29, 1.82) is 5.26 Å². The van der Waals surface area contributed by atoms with Gasteiger partial charge in [0.15, 0.2) is 5.82 Å². The third kappa shape index (κ3) is 3.00. The Morgan fingerprint density at radius 1 is 1.65 bits per heavy atom. The van der Waals surface area contributed by atoms with Crippen LogP contribution in [0.1, 0.15) is 24.1 Å². The van der Waals surface area contributed by atoms with Gasteiger partial charge in [0.2, 0.25) is 12.3 Å². The number of nitriles is 1. The minimum atomic E-state index is -0.810. The normalized spacial score (nSPS) is 26.8. The lowest BCUT2D eigenvalue weighted by atomic mass is 9.98. The van der Waals surface area contributed by atoms with Crippen LogP contribution in [0.3, 0.4) is 0 Å². The van der Waals surface area contributed by atoms with Crippen molar-refractivity contribution in [2.24, 2.45) is 5.92 Å². The minimum Gasteiger partial charge on any atom is -0.338 e. The SMILES string of the molecule is N#CC(Cc1scc(Br)c1F)NC(=O)[C@@H]1[C@H]2CC[C@H](C2)N1C=O. The van der Waals surface area contributed by atoms with E-state index in [0.29, 0.717) is 9.35 Å². The lowest BCUT2D eigenvalue weighted by Crippen LogP contribution is -2.52. The second-order valence-electron chi connectivity index (χ2n) is 5.94. The van der Waals surface area contributed by atoms with E-state index in [1.54, 1.807) is 10.3 Å². The van der Waals surface area contributed by atoms with Gasteiger partial charge in [-0.05, 0) is 41.1 Å². The number of piperidine rings is 1. The molecule has 8 heteroatoms. The standard InChI is InChI=1S/C15H15BrFN3O2S/c16-11-6-23-12(13(11)17)4-9(5-18)19-15(22)14-8-1-2-10(3-8)20(14)7-21/h6-10,14H,1-4H2,(H,19,22)/t8-,9?,10+,14-/m0/s1. The summed E-state index contributed by atoms with van der Waals surface area (Å²) in [6.07, 6.45) is 3.55. The molecule has 23 heavy (non-hydrogen) atoms. The first-order valence-electron chi connectivity index (χ1n) is 7.39. The van der Waals surface area contributed by atoms with Gasteiger partial charge in [-0.3, -0.25) is 9.59 Å². The van der Waals surface area contributed by atoms with Gasteiger partial charge in [-0.1, -0.05) is 0 Å². The molecule has 122 valence electrons. The van der Waals surface area contributed by atoms with Gasteiger partial charge >= 0.3 is 0 Å². The highest BCUT2D eigenvalue weighted by Gasteiger charge is 2.48. The predicted octanol–water partition coefficient (Wildman–Crippen LogP) is 2.21. The molecule has 1 aliphatic heterocycles. The Labute approximate surface area is 145 Å². The van der Waals surface area contributed by atoms with E-state index in [2.05, 4.69) is 21.2 Å². The zero-order valence-corrected chi connectivity index (χ0v) is 14.6. The van der Waals surface area contributed by atoms with Gasteiger partial charge in [0, 0.05) is 22.7 Å². The summed E-state index contributed by atoms with van der Waals surface area (Å²) in [5.74, 6) is -0.539. The minimum absolute atomic E-state index is 0.117. The molecule has 3 rings (SSSR count). The van der Waals surface area contributed by atoms with Crippen LogP contribution in [0, 0.1) is 23.1 Å². The molecular weight excluding hydrogens is 385 g/mol. The number of hydrogen-bond donors (Lipinski definition) is 1. The van der Waals surface area contributed by atoms with Crippen LogP contribution in [-0.2, 0) is 16.0 Å². The Morgan fingerprint density at radius 2 is 2.43 bits per heavy atom. The highest BCUT2D eigenvalue weighted by molar-refractivity contribution is 9.10. The van der Waals surface area contributed by atoms with E-state index < -0.39 is 12.1 Å². The first kappa shape index (κ1) is 16.4.